The van der Waals surface area contributed by atoms with Gasteiger partial charge in [0.2, 0.25) is 5.91 Å². The minimum Gasteiger partial charge on any atom is -0.325 e. The first-order valence-corrected chi connectivity index (χ1v) is 5.23. The van der Waals surface area contributed by atoms with Gasteiger partial charge in [0.25, 0.3) is 0 Å². The summed E-state index contributed by atoms with van der Waals surface area (Å²) >= 11 is 9.84. The summed E-state index contributed by atoms with van der Waals surface area (Å²) < 4.78 is 0. The molecule has 0 saturated carbocycles. The predicted molar refractivity (Wildman–Crippen MR) is 63.4 cm³/mol. The van der Waals surface area contributed by atoms with Gasteiger partial charge in [-0.1, -0.05) is 17.7 Å². The minimum atomic E-state index is -0.123. The summed E-state index contributed by atoms with van der Waals surface area (Å²) in [6.45, 7) is 3.81. The van der Waals surface area contributed by atoms with Gasteiger partial charge < -0.3 is 5.32 Å². The lowest BCUT2D eigenvalue weighted by molar-refractivity contribution is -0.113. The second kappa shape index (κ2) is 4.71. The summed E-state index contributed by atoms with van der Waals surface area (Å²) in [7, 11) is 0. The SMILES string of the molecule is Cc1ccc(Cl)c(C)c1NC(=O)CS. The number of hydrogen-bond donors (Lipinski definition) is 2. The van der Waals surface area contributed by atoms with E-state index < -0.39 is 0 Å². The monoisotopic (exact) mass is 229 g/mol. The highest BCUT2D eigenvalue weighted by Crippen LogP contribution is 2.26. The van der Waals surface area contributed by atoms with Gasteiger partial charge in [-0.2, -0.15) is 12.6 Å². The van der Waals surface area contributed by atoms with Gasteiger partial charge in [0.15, 0.2) is 0 Å². The van der Waals surface area contributed by atoms with Gasteiger partial charge in [-0.25, -0.2) is 0 Å². The van der Waals surface area contributed by atoms with Gasteiger partial charge in [0.1, 0.15) is 0 Å². The van der Waals surface area contributed by atoms with Crippen molar-refractivity contribution in [2.45, 2.75) is 13.8 Å². The number of benzene rings is 1. The third-order valence-corrected chi connectivity index (χ3v) is 2.71. The Morgan fingerprint density at radius 2 is 2.14 bits per heavy atom. The first-order chi connectivity index (χ1) is 6.56. The Hall–Kier alpha value is -0.670. The second-order valence-electron chi connectivity index (χ2n) is 3.07. The Morgan fingerprint density at radius 3 is 2.71 bits per heavy atom. The molecule has 0 radical (unpaired) electrons. The van der Waals surface area contributed by atoms with Crippen molar-refractivity contribution in [3.05, 3.63) is 28.3 Å². The van der Waals surface area contributed by atoms with Crippen LogP contribution in [0.15, 0.2) is 12.1 Å². The Bertz CT molecular complexity index is 365. The van der Waals surface area contributed by atoms with Crippen molar-refractivity contribution in [1.82, 2.24) is 0 Å². The van der Waals surface area contributed by atoms with Crippen molar-refractivity contribution in [2.24, 2.45) is 0 Å². The highest BCUT2D eigenvalue weighted by molar-refractivity contribution is 7.81. The molecule has 4 heteroatoms. The molecule has 0 aliphatic rings. The molecule has 14 heavy (non-hydrogen) atoms. The van der Waals surface area contributed by atoms with Crippen LogP contribution in [0.4, 0.5) is 5.69 Å². The average Bonchev–Trinajstić information content (AvgIpc) is 2.18. The Morgan fingerprint density at radius 1 is 1.50 bits per heavy atom. The maximum Gasteiger partial charge on any atom is 0.234 e. The molecule has 1 aromatic rings. The molecule has 0 bridgehead atoms. The van der Waals surface area contributed by atoms with Gasteiger partial charge in [0.05, 0.1) is 5.75 Å². The molecule has 1 aromatic carbocycles. The highest BCUT2D eigenvalue weighted by Gasteiger charge is 2.08. The summed E-state index contributed by atoms with van der Waals surface area (Å²) in [5.74, 6) is 0.0487. The van der Waals surface area contributed by atoms with Crippen molar-refractivity contribution in [3.8, 4) is 0 Å². The van der Waals surface area contributed by atoms with E-state index in [-0.39, 0.29) is 11.7 Å². The van der Waals surface area contributed by atoms with E-state index >= 15 is 0 Å². The largest absolute Gasteiger partial charge is 0.325 e. The van der Waals surface area contributed by atoms with Gasteiger partial charge in [0, 0.05) is 10.7 Å². The molecule has 0 saturated heterocycles. The smallest absolute Gasteiger partial charge is 0.234 e. The molecule has 76 valence electrons. The fraction of sp³-hybridized carbons (Fsp3) is 0.300. The highest BCUT2D eigenvalue weighted by atomic mass is 35.5. The van der Waals surface area contributed by atoms with Crippen molar-refractivity contribution in [3.63, 3.8) is 0 Å². The van der Waals surface area contributed by atoms with Crippen molar-refractivity contribution in [1.29, 1.82) is 0 Å². The number of thiol groups is 1. The maximum atomic E-state index is 11.2. The summed E-state index contributed by atoms with van der Waals surface area (Å²) in [5, 5.41) is 3.43. The molecule has 0 aliphatic carbocycles. The lowest BCUT2D eigenvalue weighted by Gasteiger charge is -2.11. The quantitative estimate of drug-likeness (QED) is 0.751. The fourth-order valence-corrected chi connectivity index (χ4v) is 1.43. The van der Waals surface area contributed by atoms with Crippen LogP contribution in [0.2, 0.25) is 5.02 Å². The molecule has 0 fully saturated rings. The number of carbonyl (C=O) groups excluding carboxylic acids is 1. The molecule has 1 rings (SSSR count). The Balaban J connectivity index is 3.06. The first-order valence-electron chi connectivity index (χ1n) is 4.22. The van der Waals surface area contributed by atoms with Crippen LogP contribution in [0.5, 0.6) is 0 Å². The number of carbonyl (C=O) groups is 1. The number of anilines is 1. The number of halogens is 1. The Labute approximate surface area is 94.1 Å². The zero-order chi connectivity index (χ0) is 10.7. The van der Waals surface area contributed by atoms with Gasteiger partial charge in [-0.3, -0.25) is 4.79 Å². The number of rotatable bonds is 2. The molecule has 0 heterocycles. The van der Waals surface area contributed by atoms with Crippen LogP contribution in [0, 0.1) is 13.8 Å². The van der Waals surface area contributed by atoms with E-state index in [1.807, 2.05) is 26.0 Å². The minimum absolute atomic E-state index is 0.123. The third-order valence-electron chi connectivity index (χ3n) is 2.02. The number of amides is 1. The molecule has 1 amide bonds. The van der Waals surface area contributed by atoms with Crippen molar-refractivity contribution in [2.75, 3.05) is 11.1 Å². The standard InChI is InChI=1S/C10H12ClNOS/c1-6-3-4-8(11)7(2)10(6)12-9(13)5-14/h3-4,14H,5H2,1-2H3,(H,12,13). The number of hydrogen-bond acceptors (Lipinski definition) is 2. The van der Waals surface area contributed by atoms with E-state index in [1.54, 1.807) is 0 Å². The van der Waals surface area contributed by atoms with Crippen molar-refractivity contribution < 1.29 is 4.79 Å². The van der Waals surface area contributed by atoms with Gasteiger partial charge in [-0.15, -0.1) is 0 Å². The lowest BCUT2D eigenvalue weighted by Crippen LogP contribution is -2.14. The summed E-state index contributed by atoms with van der Waals surface area (Å²) in [5.41, 5.74) is 2.68. The van der Waals surface area contributed by atoms with Crippen molar-refractivity contribution >= 4 is 35.8 Å². The van der Waals surface area contributed by atoms with Crippen LogP contribution in [-0.2, 0) is 4.79 Å². The molecular formula is C10H12ClNOS. The normalized spacial score (nSPS) is 10.0. The molecule has 0 aliphatic heterocycles. The fourth-order valence-electron chi connectivity index (χ4n) is 1.19. The summed E-state index contributed by atoms with van der Waals surface area (Å²) in [6, 6.07) is 3.70. The summed E-state index contributed by atoms with van der Waals surface area (Å²) in [4.78, 5) is 11.2. The van der Waals surface area contributed by atoms with Gasteiger partial charge in [-0.05, 0) is 31.0 Å². The van der Waals surface area contributed by atoms with E-state index in [9.17, 15) is 4.79 Å². The van der Waals surface area contributed by atoms with Crippen LogP contribution in [-0.4, -0.2) is 11.7 Å². The molecule has 2 nitrogen and oxygen atoms in total. The van der Waals surface area contributed by atoms with Crippen LogP contribution in [0.25, 0.3) is 0 Å². The Kier molecular flexibility index (Phi) is 3.84. The first kappa shape index (κ1) is 11.4. The zero-order valence-electron chi connectivity index (χ0n) is 8.10. The summed E-state index contributed by atoms with van der Waals surface area (Å²) in [6.07, 6.45) is 0. The number of nitrogens with one attached hydrogen (secondary N) is 1. The van der Waals surface area contributed by atoms with Crippen LogP contribution < -0.4 is 5.32 Å². The molecule has 0 atom stereocenters. The predicted octanol–water partition coefficient (Wildman–Crippen LogP) is 2.83. The van der Waals surface area contributed by atoms with Crippen LogP contribution >= 0.6 is 24.2 Å². The van der Waals surface area contributed by atoms with Gasteiger partial charge >= 0.3 is 0 Å². The lowest BCUT2D eigenvalue weighted by atomic mass is 10.1. The van der Waals surface area contributed by atoms with E-state index in [4.69, 9.17) is 11.6 Å². The second-order valence-corrected chi connectivity index (χ2v) is 3.79. The molecule has 1 N–H and O–H groups in total. The maximum absolute atomic E-state index is 11.2. The molecule has 0 spiro atoms. The van der Waals surface area contributed by atoms with Crippen LogP contribution in [0.3, 0.4) is 0 Å². The number of aryl methyl sites for hydroxylation is 1. The average molecular weight is 230 g/mol. The van der Waals surface area contributed by atoms with E-state index in [2.05, 4.69) is 17.9 Å². The third kappa shape index (κ3) is 2.42. The molecular weight excluding hydrogens is 218 g/mol. The van der Waals surface area contributed by atoms with E-state index in [0.717, 1.165) is 16.8 Å². The molecule has 0 aromatic heterocycles. The van der Waals surface area contributed by atoms with Crippen LogP contribution in [0.1, 0.15) is 11.1 Å². The molecule has 0 unspecified atom stereocenters. The zero-order valence-corrected chi connectivity index (χ0v) is 9.75. The topological polar surface area (TPSA) is 29.1 Å². The van der Waals surface area contributed by atoms with E-state index in [0.29, 0.717) is 5.02 Å². The van der Waals surface area contributed by atoms with E-state index in [1.165, 1.54) is 0 Å².